The van der Waals surface area contributed by atoms with Gasteiger partial charge in [-0.1, -0.05) is 31.2 Å². The minimum Gasteiger partial charge on any atom is -0.454 e. The van der Waals surface area contributed by atoms with E-state index in [0.717, 1.165) is 29.1 Å². The topological polar surface area (TPSA) is 105 Å². The molecular weight excluding hydrogens is 458 g/mol. The van der Waals surface area contributed by atoms with Gasteiger partial charge in [-0.15, -0.1) is 0 Å². The van der Waals surface area contributed by atoms with Crippen LogP contribution in [0, 0.1) is 34.5 Å². The maximum Gasteiger partial charge on any atom is 0.231 e. The van der Waals surface area contributed by atoms with Crippen LogP contribution in [-0.4, -0.2) is 46.9 Å². The summed E-state index contributed by atoms with van der Waals surface area (Å²) in [5.74, 6) is 0.610. The molecule has 6 aliphatic rings. The Morgan fingerprint density at radius 3 is 2.92 bits per heavy atom. The quantitative estimate of drug-likeness (QED) is 0.560. The van der Waals surface area contributed by atoms with Crippen molar-refractivity contribution in [1.29, 1.82) is 0 Å². The van der Waals surface area contributed by atoms with Crippen LogP contribution in [0.5, 0.6) is 11.5 Å². The van der Waals surface area contributed by atoms with E-state index in [4.69, 9.17) is 9.47 Å². The monoisotopic (exact) mass is 491 g/mol. The fourth-order valence-electron chi connectivity index (χ4n) is 9.00. The summed E-state index contributed by atoms with van der Waals surface area (Å²) in [6.45, 7) is 6.87. The third kappa shape index (κ3) is 2.65. The lowest BCUT2D eigenvalue weighted by Crippen LogP contribution is -2.66. The Labute approximate surface area is 210 Å². The lowest BCUT2D eigenvalue weighted by Gasteiger charge is -2.56. The number of ether oxygens (including phenoxy) is 2. The van der Waals surface area contributed by atoms with E-state index in [1.807, 2.05) is 25.1 Å². The van der Waals surface area contributed by atoms with Crippen molar-refractivity contribution < 1.29 is 29.3 Å². The molecule has 7 nitrogen and oxygen atoms in total. The minimum absolute atomic E-state index is 0.0517. The Kier molecular flexibility index (Phi) is 4.53. The van der Waals surface area contributed by atoms with Crippen LogP contribution in [-0.2, 0) is 16.0 Å². The first kappa shape index (κ1) is 22.5. The van der Waals surface area contributed by atoms with Crippen LogP contribution in [0.2, 0.25) is 0 Å². The number of ketones is 1. The van der Waals surface area contributed by atoms with Gasteiger partial charge in [0.15, 0.2) is 17.3 Å². The summed E-state index contributed by atoms with van der Waals surface area (Å²) in [4.78, 5) is 27.2. The molecule has 1 aromatic rings. The Balaban J connectivity index is 1.20. The van der Waals surface area contributed by atoms with E-state index in [2.05, 4.69) is 18.0 Å². The molecule has 1 aliphatic heterocycles. The first-order valence-corrected chi connectivity index (χ1v) is 13.2. The predicted octanol–water partition coefficient (Wildman–Crippen LogP) is 2.69. The molecule has 0 saturated heterocycles. The Bertz CT molecular complexity index is 1240. The van der Waals surface area contributed by atoms with Crippen molar-refractivity contribution >= 4 is 11.7 Å². The summed E-state index contributed by atoms with van der Waals surface area (Å²) in [6, 6.07) is 5.82. The highest BCUT2D eigenvalue weighted by Crippen LogP contribution is 2.75. The molecule has 2 bridgehead atoms. The molecule has 0 aromatic heterocycles. The Morgan fingerprint density at radius 2 is 2.08 bits per heavy atom. The van der Waals surface area contributed by atoms with Gasteiger partial charge in [-0.2, -0.15) is 0 Å². The van der Waals surface area contributed by atoms with Crippen molar-refractivity contribution in [3.05, 3.63) is 47.6 Å². The van der Waals surface area contributed by atoms with Crippen molar-refractivity contribution in [2.45, 2.75) is 57.2 Å². The van der Waals surface area contributed by atoms with E-state index in [-0.39, 0.29) is 36.2 Å². The fraction of sp³-hybridized carbons (Fsp3) is 0.586. The highest BCUT2D eigenvalue weighted by atomic mass is 16.7. The van der Waals surface area contributed by atoms with E-state index >= 15 is 0 Å². The van der Waals surface area contributed by atoms with Gasteiger partial charge in [0.25, 0.3) is 0 Å². The van der Waals surface area contributed by atoms with Crippen LogP contribution < -0.4 is 14.8 Å². The maximum atomic E-state index is 14.1. The summed E-state index contributed by atoms with van der Waals surface area (Å²) in [5.41, 5.74) is 0.981. The van der Waals surface area contributed by atoms with E-state index < -0.39 is 28.5 Å². The zero-order valence-corrected chi connectivity index (χ0v) is 20.6. The highest BCUT2D eigenvalue weighted by molar-refractivity contribution is 5.98. The standard InChI is InChI=1S/C29H33NO6/c1-15-12-28-13-29(15,34)9-7-18(28)17-4-5-19-24(31)25(32)27(19,2)22(17)23(28)26(33)30-10-8-16-3-6-20-21(11-16)36-14-35-20/h3-4,6,11,18-19,22-24,31,34H,1,5,7-10,12-14H2,2H3,(H,30,33)/t18-,19+,22?,23+,24?,27+,28-,29-/m0/s1. The van der Waals surface area contributed by atoms with Crippen LogP contribution in [0.4, 0.5) is 0 Å². The second-order valence-corrected chi connectivity index (χ2v) is 12.1. The number of hydrogen-bond donors (Lipinski definition) is 3. The molecule has 5 aliphatic carbocycles. The number of carbonyl (C=O) groups excluding carboxylic acids is 2. The van der Waals surface area contributed by atoms with Gasteiger partial charge in [-0.05, 0) is 73.1 Å². The molecule has 7 heteroatoms. The third-order valence-electron chi connectivity index (χ3n) is 10.7. The largest absolute Gasteiger partial charge is 0.454 e. The van der Waals surface area contributed by atoms with Gasteiger partial charge in [0.2, 0.25) is 12.7 Å². The van der Waals surface area contributed by atoms with E-state index in [1.54, 1.807) is 0 Å². The highest BCUT2D eigenvalue weighted by Gasteiger charge is 2.75. The Morgan fingerprint density at radius 1 is 1.28 bits per heavy atom. The number of carbonyl (C=O) groups is 2. The average Bonchev–Trinajstić information content (AvgIpc) is 3.48. The molecule has 190 valence electrons. The number of fused-ring (bicyclic) bond motifs is 6. The molecule has 1 aromatic carbocycles. The van der Waals surface area contributed by atoms with Crippen molar-refractivity contribution in [3.63, 3.8) is 0 Å². The van der Waals surface area contributed by atoms with Crippen molar-refractivity contribution in [2.24, 2.45) is 34.5 Å². The SMILES string of the molecule is C=C1C[C@]23C[C@@]1(O)CC[C@H]2C1=CC[C@@H]2C(O)C(=O)[C@@]2(C)C1[C@@H]3C(=O)NCCc1ccc2c(c1)OCO2. The number of aliphatic hydroxyl groups excluding tert-OH is 1. The zero-order chi connectivity index (χ0) is 25.0. The molecule has 4 fully saturated rings. The fourth-order valence-corrected chi connectivity index (χ4v) is 9.00. The Hall–Kier alpha value is -2.64. The van der Waals surface area contributed by atoms with Crippen LogP contribution >= 0.6 is 0 Å². The molecule has 7 rings (SSSR count). The van der Waals surface area contributed by atoms with Gasteiger partial charge in [-0.25, -0.2) is 0 Å². The lowest BCUT2D eigenvalue weighted by molar-refractivity contribution is -0.178. The molecule has 8 atom stereocenters. The third-order valence-corrected chi connectivity index (χ3v) is 10.7. The first-order chi connectivity index (χ1) is 17.2. The molecule has 1 amide bonds. The molecule has 36 heavy (non-hydrogen) atoms. The summed E-state index contributed by atoms with van der Waals surface area (Å²) in [6.07, 6.45) is 5.17. The van der Waals surface area contributed by atoms with Crippen molar-refractivity contribution in [1.82, 2.24) is 5.32 Å². The molecule has 1 heterocycles. The second kappa shape index (κ2) is 7.23. The van der Waals surface area contributed by atoms with Gasteiger partial charge in [0.05, 0.1) is 11.5 Å². The first-order valence-electron chi connectivity index (χ1n) is 13.2. The number of rotatable bonds is 4. The number of hydrogen-bond acceptors (Lipinski definition) is 6. The molecule has 4 saturated carbocycles. The molecular formula is C29H33NO6. The van der Waals surface area contributed by atoms with Gasteiger partial charge in [0.1, 0.15) is 6.10 Å². The summed E-state index contributed by atoms with van der Waals surface area (Å²) in [7, 11) is 0. The maximum absolute atomic E-state index is 14.1. The molecule has 3 N–H and O–H groups in total. The minimum atomic E-state index is -0.946. The number of aliphatic hydroxyl groups is 2. The summed E-state index contributed by atoms with van der Waals surface area (Å²) < 4.78 is 10.9. The van der Waals surface area contributed by atoms with Crippen LogP contribution in [0.1, 0.15) is 44.6 Å². The summed E-state index contributed by atoms with van der Waals surface area (Å²) in [5, 5.41) is 25.0. The van der Waals surface area contributed by atoms with E-state index in [1.165, 1.54) is 5.57 Å². The molecule has 0 radical (unpaired) electrons. The van der Waals surface area contributed by atoms with Gasteiger partial charge in [-0.3, -0.25) is 9.59 Å². The van der Waals surface area contributed by atoms with Gasteiger partial charge >= 0.3 is 0 Å². The van der Waals surface area contributed by atoms with Crippen molar-refractivity contribution in [2.75, 3.05) is 13.3 Å². The smallest absolute Gasteiger partial charge is 0.231 e. The van der Waals surface area contributed by atoms with Crippen LogP contribution in [0.3, 0.4) is 0 Å². The average molecular weight is 492 g/mol. The van der Waals surface area contributed by atoms with E-state index in [9.17, 15) is 19.8 Å². The normalized spacial score (nSPS) is 43.3. The number of nitrogens with one attached hydrogen (secondary N) is 1. The van der Waals surface area contributed by atoms with Gasteiger partial charge in [0, 0.05) is 23.8 Å². The van der Waals surface area contributed by atoms with Crippen LogP contribution in [0.15, 0.2) is 42.0 Å². The zero-order valence-electron chi connectivity index (χ0n) is 20.6. The molecule has 1 spiro atoms. The lowest BCUT2D eigenvalue weighted by atomic mass is 9.46. The van der Waals surface area contributed by atoms with Crippen LogP contribution in [0.25, 0.3) is 0 Å². The molecule has 2 unspecified atom stereocenters. The predicted molar refractivity (Wildman–Crippen MR) is 130 cm³/mol. The van der Waals surface area contributed by atoms with Gasteiger partial charge < -0.3 is 25.0 Å². The number of Topliss-reactive ketones (excluding diaryl/α,β-unsaturated/α-hetero) is 1. The second-order valence-electron chi connectivity index (χ2n) is 12.1. The number of benzene rings is 1. The number of allylic oxidation sites excluding steroid dienone is 2. The van der Waals surface area contributed by atoms with Crippen molar-refractivity contribution in [3.8, 4) is 11.5 Å². The summed E-state index contributed by atoms with van der Waals surface area (Å²) >= 11 is 0. The van der Waals surface area contributed by atoms with E-state index in [0.29, 0.717) is 38.6 Å². The number of amides is 1.